The van der Waals surface area contributed by atoms with Gasteiger partial charge in [0.2, 0.25) is 0 Å². The van der Waals surface area contributed by atoms with Crippen LogP contribution in [0.5, 0.6) is 0 Å². The van der Waals surface area contributed by atoms with Gasteiger partial charge in [-0.15, -0.1) is 0 Å². The van der Waals surface area contributed by atoms with E-state index in [4.69, 9.17) is 0 Å². The summed E-state index contributed by atoms with van der Waals surface area (Å²) < 4.78 is 0. The molecule has 0 atom stereocenters. The van der Waals surface area contributed by atoms with Crippen LogP contribution in [0.25, 0.3) is 0 Å². The first kappa shape index (κ1) is 15.9. The summed E-state index contributed by atoms with van der Waals surface area (Å²) in [5, 5.41) is 0. The molecule has 0 aromatic carbocycles. The average molecular weight is 234 g/mol. The van der Waals surface area contributed by atoms with Crippen molar-refractivity contribution in [1.29, 1.82) is 0 Å². The molecule has 0 unspecified atom stereocenters. The molecule has 0 aliphatic heterocycles. The first-order chi connectivity index (χ1) is 8.31. The number of carbonyl (C=O) groups is 1. The van der Waals surface area contributed by atoms with Crippen LogP contribution in [-0.4, -0.2) is 5.78 Å². The molecule has 1 heteroatoms. The minimum absolute atomic E-state index is 0.178. The molecule has 0 saturated heterocycles. The van der Waals surface area contributed by atoms with Crippen LogP contribution in [0, 0.1) is 0 Å². The van der Waals surface area contributed by atoms with E-state index in [2.05, 4.69) is 25.7 Å². The third kappa shape index (κ3) is 12.8. The standard InChI is InChI=1S/C16H26O/c1-3-5-7-8-9-10-11-12-13-15-16(17)14-6-4-2/h4,6,11-12,14H,2-3,5,7-10,13,15H2,1H3. The summed E-state index contributed by atoms with van der Waals surface area (Å²) >= 11 is 0. The minimum atomic E-state index is 0.178. The van der Waals surface area contributed by atoms with Crippen LogP contribution in [0.15, 0.2) is 37.0 Å². The first-order valence-corrected chi connectivity index (χ1v) is 6.78. The lowest BCUT2D eigenvalue weighted by atomic mass is 10.1. The highest BCUT2D eigenvalue weighted by molar-refractivity contribution is 5.89. The second kappa shape index (κ2) is 13.0. The van der Waals surface area contributed by atoms with Gasteiger partial charge in [-0.1, -0.05) is 63.5 Å². The zero-order valence-electron chi connectivity index (χ0n) is 11.2. The Morgan fingerprint density at radius 2 is 1.76 bits per heavy atom. The molecule has 0 bridgehead atoms. The third-order valence-electron chi connectivity index (χ3n) is 2.62. The van der Waals surface area contributed by atoms with E-state index >= 15 is 0 Å². The second-order valence-electron chi connectivity index (χ2n) is 4.27. The van der Waals surface area contributed by atoms with Gasteiger partial charge in [0, 0.05) is 6.42 Å². The van der Waals surface area contributed by atoms with Gasteiger partial charge in [-0.2, -0.15) is 0 Å². The summed E-state index contributed by atoms with van der Waals surface area (Å²) in [5.41, 5.74) is 0. The molecule has 0 aliphatic rings. The van der Waals surface area contributed by atoms with E-state index in [1.807, 2.05) is 0 Å². The fourth-order valence-corrected chi connectivity index (χ4v) is 1.59. The molecular formula is C16H26O. The molecule has 0 spiro atoms. The molecule has 17 heavy (non-hydrogen) atoms. The lowest BCUT2D eigenvalue weighted by Crippen LogP contribution is -1.89. The average Bonchev–Trinajstić information content (AvgIpc) is 2.34. The molecule has 0 radical (unpaired) electrons. The molecule has 0 aromatic heterocycles. The Labute approximate surface area is 106 Å². The Hall–Kier alpha value is -1.11. The SMILES string of the molecule is C=CC=CC(=O)CCC=CCCCCCCC. The van der Waals surface area contributed by atoms with Crippen LogP contribution in [-0.2, 0) is 4.79 Å². The van der Waals surface area contributed by atoms with Crippen molar-refractivity contribution in [3.63, 3.8) is 0 Å². The zero-order chi connectivity index (χ0) is 12.8. The Bertz CT molecular complexity index is 248. The highest BCUT2D eigenvalue weighted by Gasteiger charge is 1.92. The lowest BCUT2D eigenvalue weighted by molar-refractivity contribution is -0.114. The van der Waals surface area contributed by atoms with Gasteiger partial charge in [-0.05, 0) is 25.3 Å². The Kier molecular flexibility index (Phi) is 12.1. The summed E-state index contributed by atoms with van der Waals surface area (Å²) in [6, 6.07) is 0. The Morgan fingerprint density at radius 3 is 2.47 bits per heavy atom. The van der Waals surface area contributed by atoms with Crippen LogP contribution in [0.3, 0.4) is 0 Å². The molecule has 1 nitrogen and oxygen atoms in total. The fraction of sp³-hybridized carbons (Fsp3) is 0.562. The predicted molar refractivity (Wildman–Crippen MR) is 76.1 cm³/mol. The molecule has 0 amide bonds. The highest BCUT2D eigenvalue weighted by atomic mass is 16.1. The molecule has 0 aliphatic carbocycles. The molecule has 96 valence electrons. The van der Waals surface area contributed by atoms with Crippen molar-refractivity contribution in [1.82, 2.24) is 0 Å². The topological polar surface area (TPSA) is 17.1 Å². The zero-order valence-corrected chi connectivity index (χ0v) is 11.2. The van der Waals surface area contributed by atoms with Gasteiger partial charge in [-0.25, -0.2) is 0 Å². The van der Waals surface area contributed by atoms with E-state index in [-0.39, 0.29) is 5.78 Å². The molecule has 0 rings (SSSR count). The molecule has 0 saturated carbocycles. The summed E-state index contributed by atoms with van der Waals surface area (Å²) in [6.07, 6.45) is 18.5. The van der Waals surface area contributed by atoms with E-state index in [1.54, 1.807) is 18.2 Å². The highest BCUT2D eigenvalue weighted by Crippen LogP contribution is 2.06. The fourth-order valence-electron chi connectivity index (χ4n) is 1.59. The number of carbonyl (C=O) groups excluding carboxylic acids is 1. The Morgan fingerprint density at radius 1 is 1.06 bits per heavy atom. The normalized spacial score (nSPS) is 11.4. The van der Waals surface area contributed by atoms with Crippen LogP contribution in [0.1, 0.15) is 58.3 Å². The van der Waals surface area contributed by atoms with Gasteiger partial charge in [0.05, 0.1) is 0 Å². The van der Waals surface area contributed by atoms with Crippen molar-refractivity contribution < 1.29 is 4.79 Å². The number of hydrogen-bond acceptors (Lipinski definition) is 1. The maximum Gasteiger partial charge on any atom is 0.155 e. The quantitative estimate of drug-likeness (QED) is 0.213. The van der Waals surface area contributed by atoms with Gasteiger partial charge >= 0.3 is 0 Å². The minimum Gasteiger partial charge on any atom is -0.295 e. The van der Waals surface area contributed by atoms with E-state index in [0.717, 1.165) is 12.8 Å². The van der Waals surface area contributed by atoms with Crippen molar-refractivity contribution >= 4 is 5.78 Å². The van der Waals surface area contributed by atoms with Gasteiger partial charge in [0.15, 0.2) is 5.78 Å². The number of ketones is 1. The van der Waals surface area contributed by atoms with Gasteiger partial charge in [-0.3, -0.25) is 4.79 Å². The summed E-state index contributed by atoms with van der Waals surface area (Å²) in [4.78, 5) is 11.2. The smallest absolute Gasteiger partial charge is 0.155 e. The first-order valence-electron chi connectivity index (χ1n) is 6.78. The molecule has 0 fully saturated rings. The lowest BCUT2D eigenvalue weighted by Gasteiger charge is -1.96. The van der Waals surface area contributed by atoms with Crippen LogP contribution in [0.2, 0.25) is 0 Å². The number of unbranched alkanes of at least 4 members (excludes halogenated alkanes) is 5. The van der Waals surface area contributed by atoms with Gasteiger partial charge < -0.3 is 0 Å². The van der Waals surface area contributed by atoms with E-state index < -0.39 is 0 Å². The number of rotatable bonds is 11. The van der Waals surface area contributed by atoms with Crippen molar-refractivity contribution in [2.75, 3.05) is 0 Å². The predicted octanol–water partition coefficient (Wildman–Crippen LogP) is 4.99. The number of hydrogen-bond donors (Lipinski definition) is 0. The van der Waals surface area contributed by atoms with Gasteiger partial charge in [0.25, 0.3) is 0 Å². The third-order valence-corrected chi connectivity index (χ3v) is 2.62. The van der Waals surface area contributed by atoms with E-state index in [1.165, 1.54) is 32.1 Å². The number of allylic oxidation sites excluding steroid dienone is 5. The maximum atomic E-state index is 11.2. The maximum absolute atomic E-state index is 11.2. The van der Waals surface area contributed by atoms with Crippen molar-refractivity contribution in [3.05, 3.63) is 37.0 Å². The molecule has 0 heterocycles. The van der Waals surface area contributed by atoms with Crippen molar-refractivity contribution in [3.8, 4) is 0 Å². The molecule has 0 aromatic rings. The second-order valence-corrected chi connectivity index (χ2v) is 4.27. The van der Waals surface area contributed by atoms with Crippen LogP contribution >= 0.6 is 0 Å². The van der Waals surface area contributed by atoms with Crippen molar-refractivity contribution in [2.24, 2.45) is 0 Å². The van der Waals surface area contributed by atoms with Crippen LogP contribution < -0.4 is 0 Å². The van der Waals surface area contributed by atoms with E-state index in [0.29, 0.717) is 6.42 Å². The van der Waals surface area contributed by atoms with E-state index in [9.17, 15) is 4.79 Å². The Balaban J connectivity index is 3.33. The summed E-state index contributed by atoms with van der Waals surface area (Å²) in [6.45, 7) is 5.76. The summed E-state index contributed by atoms with van der Waals surface area (Å²) in [7, 11) is 0. The van der Waals surface area contributed by atoms with Crippen LogP contribution in [0.4, 0.5) is 0 Å². The van der Waals surface area contributed by atoms with Crippen molar-refractivity contribution in [2.45, 2.75) is 58.3 Å². The largest absolute Gasteiger partial charge is 0.295 e. The monoisotopic (exact) mass is 234 g/mol. The molecule has 0 N–H and O–H groups in total. The van der Waals surface area contributed by atoms with Gasteiger partial charge in [0.1, 0.15) is 0 Å². The molecular weight excluding hydrogens is 208 g/mol. The summed E-state index contributed by atoms with van der Waals surface area (Å²) in [5.74, 6) is 0.178.